The van der Waals surface area contributed by atoms with Crippen molar-refractivity contribution < 1.29 is 4.52 Å². The Kier molecular flexibility index (Phi) is 4.74. The van der Waals surface area contributed by atoms with Crippen LogP contribution in [0, 0.1) is 6.92 Å². The smallest absolute Gasteiger partial charge is 0.239 e. The second kappa shape index (κ2) is 6.76. The van der Waals surface area contributed by atoms with Crippen LogP contribution in [0.2, 0.25) is 0 Å². The van der Waals surface area contributed by atoms with E-state index in [1.165, 1.54) is 11.3 Å². The third-order valence-corrected chi connectivity index (χ3v) is 5.15. The van der Waals surface area contributed by atoms with Crippen molar-refractivity contribution in [1.29, 1.82) is 0 Å². The molecule has 6 nitrogen and oxygen atoms in total. The summed E-state index contributed by atoms with van der Waals surface area (Å²) >= 11 is 6.47. The van der Waals surface area contributed by atoms with Gasteiger partial charge in [0, 0.05) is 10.2 Å². The zero-order chi connectivity index (χ0) is 15.5. The maximum Gasteiger partial charge on any atom is 0.239 e. The Morgan fingerprint density at radius 2 is 2.23 bits per heavy atom. The number of nitrogens with zero attached hydrogens (tertiary/aromatic N) is 4. The summed E-state index contributed by atoms with van der Waals surface area (Å²) in [5.74, 6) is 1.23. The summed E-state index contributed by atoms with van der Waals surface area (Å²) in [5.41, 5.74) is 0.961. The molecule has 114 valence electrons. The van der Waals surface area contributed by atoms with Crippen LogP contribution in [0.25, 0.3) is 0 Å². The predicted octanol–water partition coefficient (Wildman–Crippen LogP) is 4.59. The van der Waals surface area contributed by atoms with Crippen LogP contribution >= 0.6 is 39.0 Å². The number of thioether (sulfide) groups is 1. The fourth-order valence-corrected chi connectivity index (χ4v) is 4.02. The maximum atomic E-state index is 5.17. The van der Waals surface area contributed by atoms with E-state index in [0.717, 1.165) is 19.6 Å². The minimum atomic E-state index is 0.0351. The molecule has 0 aliphatic carbocycles. The fraction of sp³-hybridized carbons (Fsp3) is 0.231. The first kappa shape index (κ1) is 15.4. The summed E-state index contributed by atoms with van der Waals surface area (Å²) in [4.78, 5) is 4.23. The van der Waals surface area contributed by atoms with E-state index in [-0.39, 0.29) is 5.25 Å². The molecule has 0 radical (unpaired) electrons. The van der Waals surface area contributed by atoms with Crippen molar-refractivity contribution in [3.8, 4) is 0 Å². The molecule has 0 aliphatic rings. The van der Waals surface area contributed by atoms with Gasteiger partial charge >= 0.3 is 0 Å². The van der Waals surface area contributed by atoms with Crippen molar-refractivity contribution in [3.63, 3.8) is 0 Å². The van der Waals surface area contributed by atoms with Crippen molar-refractivity contribution in [3.05, 3.63) is 40.5 Å². The van der Waals surface area contributed by atoms with Gasteiger partial charge in [-0.2, -0.15) is 4.98 Å². The highest BCUT2D eigenvalue weighted by molar-refractivity contribution is 9.10. The number of hydrogen-bond acceptors (Lipinski definition) is 8. The molecule has 0 spiro atoms. The number of benzene rings is 1. The first-order valence-electron chi connectivity index (χ1n) is 6.43. The molecular weight excluding hydrogens is 386 g/mol. The largest absolute Gasteiger partial charge is 0.338 e. The highest BCUT2D eigenvalue weighted by atomic mass is 79.9. The number of halogens is 1. The second-order valence-corrected chi connectivity index (χ2v) is 7.93. The van der Waals surface area contributed by atoms with E-state index in [1.807, 2.05) is 31.2 Å². The summed E-state index contributed by atoms with van der Waals surface area (Å²) in [6, 6.07) is 7.89. The lowest BCUT2D eigenvalue weighted by Crippen LogP contribution is -1.88. The highest BCUT2D eigenvalue weighted by Gasteiger charge is 2.17. The molecule has 9 heteroatoms. The van der Waals surface area contributed by atoms with Crippen molar-refractivity contribution in [2.24, 2.45) is 0 Å². The van der Waals surface area contributed by atoms with Gasteiger partial charge in [-0.3, -0.25) is 0 Å². The normalized spacial score (nSPS) is 12.3. The van der Waals surface area contributed by atoms with Crippen molar-refractivity contribution >= 4 is 49.8 Å². The van der Waals surface area contributed by atoms with E-state index in [1.54, 1.807) is 18.7 Å². The van der Waals surface area contributed by atoms with Gasteiger partial charge in [0.1, 0.15) is 0 Å². The van der Waals surface area contributed by atoms with E-state index in [4.69, 9.17) is 4.52 Å². The van der Waals surface area contributed by atoms with Gasteiger partial charge in [-0.15, -0.1) is 10.2 Å². The van der Waals surface area contributed by atoms with E-state index in [0.29, 0.717) is 11.7 Å². The molecule has 1 aromatic carbocycles. The maximum absolute atomic E-state index is 5.17. The van der Waals surface area contributed by atoms with Crippen LogP contribution in [0.1, 0.15) is 23.9 Å². The Labute approximate surface area is 143 Å². The van der Waals surface area contributed by atoms with Gasteiger partial charge in [-0.25, -0.2) is 0 Å². The Bertz CT molecular complexity index is 775. The van der Waals surface area contributed by atoms with Crippen LogP contribution in [0.4, 0.5) is 10.8 Å². The third kappa shape index (κ3) is 3.84. The van der Waals surface area contributed by atoms with Crippen LogP contribution in [0.3, 0.4) is 0 Å². The summed E-state index contributed by atoms with van der Waals surface area (Å²) in [7, 11) is 0. The molecule has 3 rings (SSSR count). The molecule has 2 heterocycles. The Hall–Kier alpha value is -1.45. The number of hydrogen-bond donors (Lipinski definition) is 1. The number of rotatable bonds is 5. The summed E-state index contributed by atoms with van der Waals surface area (Å²) in [5, 5.41) is 16.1. The molecule has 0 saturated carbocycles. The molecule has 1 unspecified atom stereocenters. The summed E-state index contributed by atoms with van der Waals surface area (Å²) < 4.78 is 7.03. The van der Waals surface area contributed by atoms with Crippen LogP contribution in [0.5, 0.6) is 0 Å². The standard InChI is InChI=1S/C13H12BrN5OS2/c1-7(11-15-8(2)19-20-11)21-13-18-17-12(22-13)16-10-5-3-4-9(14)6-10/h3-7H,1-2H3,(H,16,17). The molecule has 0 fully saturated rings. The molecule has 22 heavy (non-hydrogen) atoms. The average molecular weight is 398 g/mol. The van der Waals surface area contributed by atoms with Gasteiger partial charge in [0.25, 0.3) is 0 Å². The first-order valence-corrected chi connectivity index (χ1v) is 8.92. The van der Waals surface area contributed by atoms with Gasteiger partial charge in [0.2, 0.25) is 11.0 Å². The lowest BCUT2D eigenvalue weighted by Gasteiger charge is -2.02. The minimum absolute atomic E-state index is 0.0351. The number of anilines is 2. The summed E-state index contributed by atoms with van der Waals surface area (Å²) in [6.45, 7) is 3.80. The van der Waals surface area contributed by atoms with Crippen LogP contribution in [0.15, 0.2) is 37.6 Å². The SMILES string of the molecule is Cc1noc(C(C)Sc2nnc(Nc3cccc(Br)c3)s2)n1. The topological polar surface area (TPSA) is 76.7 Å². The van der Waals surface area contributed by atoms with Gasteiger partial charge < -0.3 is 9.84 Å². The molecule has 0 amide bonds. The molecule has 1 N–H and O–H groups in total. The minimum Gasteiger partial charge on any atom is -0.338 e. The average Bonchev–Trinajstić information content (AvgIpc) is 3.08. The van der Waals surface area contributed by atoms with E-state index in [9.17, 15) is 0 Å². The lowest BCUT2D eigenvalue weighted by molar-refractivity contribution is 0.376. The number of nitrogens with one attached hydrogen (secondary N) is 1. The molecule has 0 saturated heterocycles. The predicted molar refractivity (Wildman–Crippen MR) is 90.6 cm³/mol. The zero-order valence-electron chi connectivity index (χ0n) is 11.8. The van der Waals surface area contributed by atoms with Crippen LogP contribution < -0.4 is 5.32 Å². The van der Waals surface area contributed by atoms with Crippen molar-refractivity contribution in [2.45, 2.75) is 23.4 Å². The number of aromatic nitrogens is 4. The number of aryl methyl sites for hydroxylation is 1. The van der Waals surface area contributed by atoms with Gasteiger partial charge in [0.15, 0.2) is 10.2 Å². The zero-order valence-corrected chi connectivity index (χ0v) is 15.0. The lowest BCUT2D eigenvalue weighted by atomic mass is 10.3. The van der Waals surface area contributed by atoms with Gasteiger partial charge in [-0.05, 0) is 32.0 Å². The monoisotopic (exact) mass is 397 g/mol. The molecule has 3 aromatic rings. The first-order chi connectivity index (χ1) is 10.6. The Morgan fingerprint density at radius 3 is 2.95 bits per heavy atom. The second-order valence-electron chi connectivity index (χ2n) is 4.45. The van der Waals surface area contributed by atoms with E-state index in [2.05, 4.69) is 41.6 Å². The van der Waals surface area contributed by atoms with Crippen molar-refractivity contribution in [1.82, 2.24) is 20.3 Å². The fourth-order valence-electron chi connectivity index (χ4n) is 1.68. The molecule has 0 aliphatic heterocycles. The van der Waals surface area contributed by atoms with E-state index >= 15 is 0 Å². The molecule has 2 aromatic heterocycles. The summed E-state index contributed by atoms with van der Waals surface area (Å²) in [6.07, 6.45) is 0. The van der Waals surface area contributed by atoms with Crippen LogP contribution in [-0.4, -0.2) is 20.3 Å². The van der Waals surface area contributed by atoms with Gasteiger partial charge in [-0.1, -0.05) is 50.3 Å². The van der Waals surface area contributed by atoms with Crippen LogP contribution in [-0.2, 0) is 0 Å². The molecule has 1 atom stereocenters. The quantitative estimate of drug-likeness (QED) is 0.630. The highest BCUT2D eigenvalue weighted by Crippen LogP contribution is 2.37. The third-order valence-electron chi connectivity index (χ3n) is 2.65. The molecular formula is C13H12BrN5OS2. The Morgan fingerprint density at radius 1 is 1.36 bits per heavy atom. The molecule has 0 bridgehead atoms. The van der Waals surface area contributed by atoms with Crippen molar-refractivity contribution in [2.75, 3.05) is 5.32 Å². The van der Waals surface area contributed by atoms with Gasteiger partial charge in [0.05, 0.1) is 5.25 Å². The van der Waals surface area contributed by atoms with E-state index < -0.39 is 0 Å². The Balaban J connectivity index is 1.66.